The molecule has 2 N–H and O–H groups in total. The second-order valence-electron chi connectivity index (χ2n) is 4.82. The molecule has 1 aromatic heterocycles. The van der Waals surface area contributed by atoms with Crippen molar-refractivity contribution in [2.45, 2.75) is 19.8 Å². The highest BCUT2D eigenvalue weighted by molar-refractivity contribution is 5.93. The predicted molar refractivity (Wildman–Crippen MR) is 61.0 cm³/mol. The van der Waals surface area contributed by atoms with E-state index in [2.05, 4.69) is 6.92 Å². The first-order chi connectivity index (χ1) is 7.64. The van der Waals surface area contributed by atoms with Crippen LogP contribution in [0.1, 0.15) is 30.1 Å². The van der Waals surface area contributed by atoms with Crippen molar-refractivity contribution in [3.05, 3.63) is 24.2 Å². The number of hydrogen-bond acceptors (Lipinski definition) is 3. The van der Waals surface area contributed by atoms with Gasteiger partial charge in [0.15, 0.2) is 0 Å². The molecule has 1 fully saturated rings. The van der Waals surface area contributed by atoms with Crippen LogP contribution in [-0.2, 0) is 0 Å². The van der Waals surface area contributed by atoms with Crippen molar-refractivity contribution in [1.82, 2.24) is 4.90 Å². The van der Waals surface area contributed by atoms with Crippen LogP contribution in [0.15, 0.2) is 23.0 Å². The number of hydrogen-bond donors (Lipinski definition) is 1. The van der Waals surface area contributed by atoms with Crippen molar-refractivity contribution in [3.63, 3.8) is 0 Å². The summed E-state index contributed by atoms with van der Waals surface area (Å²) < 4.78 is 4.92. The number of carbonyl (C=O) groups excluding carboxylic acids is 1. The zero-order valence-electron chi connectivity index (χ0n) is 9.61. The Kier molecular flexibility index (Phi) is 3.01. The maximum atomic E-state index is 12.0. The van der Waals surface area contributed by atoms with Crippen molar-refractivity contribution < 1.29 is 9.21 Å². The fourth-order valence-corrected chi connectivity index (χ4v) is 2.02. The summed E-state index contributed by atoms with van der Waals surface area (Å²) in [4.78, 5) is 13.9. The zero-order valence-corrected chi connectivity index (χ0v) is 9.61. The second kappa shape index (κ2) is 4.29. The van der Waals surface area contributed by atoms with Gasteiger partial charge in [0.1, 0.15) is 6.26 Å². The Morgan fingerprint density at radius 1 is 1.56 bits per heavy atom. The summed E-state index contributed by atoms with van der Waals surface area (Å²) in [5.74, 6) is 0.0628. The van der Waals surface area contributed by atoms with Crippen LogP contribution in [0.5, 0.6) is 0 Å². The predicted octanol–water partition coefficient (Wildman–Crippen LogP) is 1.48. The topological polar surface area (TPSA) is 59.5 Å². The lowest BCUT2D eigenvalue weighted by Crippen LogP contribution is -2.44. The largest absolute Gasteiger partial charge is 0.472 e. The summed E-state index contributed by atoms with van der Waals surface area (Å²) in [5, 5.41) is 0. The molecule has 16 heavy (non-hydrogen) atoms. The first-order valence-electron chi connectivity index (χ1n) is 5.66. The summed E-state index contributed by atoms with van der Waals surface area (Å²) in [6, 6.07) is 1.71. The number of furan rings is 1. The van der Waals surface area contributed by atoms with Crippen LogP contribution >= 0.6 is 0 Å². The van der Waals surface area contributed by atoms with Crippen molar-refractivity contribution in [2.24, 2.45) is 11.1 Å². The lowest BCUT2D eigenvalue weighted by atomic mass is 9.80. The quantitative estimate of drug-likeness (QED) is 0.824. The van der Waals surface area contributed by atoms with Crippen LogP contribution in [0.4, 0.5) is 0 Å². The number of nitrogens with two attached hydrogens (primary N) is 1. The Hall–Kier alpha value is -1.29. The average molecular weight is 222 g/mol. The van der Waals surface area contributed by atoms with Crippen molar-refractivity contribution in [3.8, 4) is 0 Å². The van der Waals surface area contributed by atoms with Crippen molar-refractivity contribution in [2.75, 3.05) is 19.6 Å². The Morgan fingerprint density at radius 3 is 2.75 bits per heavy atom. The summed E-state index contributed by atoms with van der Waals surface area (Å²) in [6.45, 7) is 4.46. The van der Waals surface area contributed by atoms with Gasteiger partial charge in [0.2, 0.25) is 0 Å². The van der Waals surface area contributed by atoms with E-state index in [0.717, 1.165) is 25.9 Å². The Morgan fingerprint density at radius 2 is 2.25 bits per heavy atom. The number of nitrogens with zero attached hydrogens (tertiary/aromatic N) is 1. The molecule has 1 aliphatic heterocycles. The van der Waals surface area contributed by atoms with Gasteiger partial charge in [0, 0.05) is 13.1 Å². The van der Waals surface area contributed by atoms with Gasteiger partial charge in [-0.25, -0.2) is 0 Å². The summed E-state index contributed by atoms with van der Waals surface area (Å²) >= 11 is 0. The number of likely N-dealkylation sites (tertiary alicyclic amines) is 1. The van der Waals surface area contributed by atoms with E-state index in [1.54, 1.807) is 6.07 Å². The number of piperidine rings is 1. The monoisotopic (exact) mass is 222 g/mol. The molecule has 2 heterocycles. The maximum absolute atomic E-state index is 12.0. The minimum atomic E-state index is 0.0628. The summed E-state index contributed by atoms with van der Waals surface area (Å²) in [7, 11) is 0. The highest BCUT2D eigenvalue weighted by Crippen LogP contribution is 2.29. The van der Waals surface area contributed by atoms with Gasteiger partial charge in [-0.3, -0.25) is 4.79 Å². The van der Waals surface area contributed by atoms with Crippen LogP contribution < -0.4 is 5.73 Å². The molecule has 0 aromatic carbocycles. The maximum Gasteiger partial charge on any atom is 0.257 e. The molecule has 0 saturated carbocycles. The van der Waals surface area contributed by atoms with E-state index in [0.29, 0.717) is 12.1 Å². The molecule has 0 unspecified atom stereocenters. The highest BCUT2D eigenvalue weighted by Gasteiger charge is 2.31. The van der Waals surface area contributed by atoms with Crippen LogP contribution in [0, 0.1) is 5.41 Å². The van der Waals surface area contributed by atoms with Crippen LogP contribution in [-0.4, -0.2) is 30.4 Å². The van der Waals surface area contributed by atoms with Crippen LogP contribution in [0.2, 0.25) is 0 Å². The lowest BCUT2D eigenvalue weighted by molar-refractivity contribution is 0.0617. The molecular formula is C12H18N2O2. The zero-order chi connectivity index (χ0) is 11.6. The molecule has 1 amide bonds. The molecule has 1 aromatic rings. The van der Waals surface area contributed by atoms with E-state index >= 15 is 0 Å². The molecular weight excluding hydrogens is 204 g/mol. The molecule has 4 heteroatoms. The average Bonchev–Trinajstić information content (AvgIpc) is 2.83. The van der Waals surface area contributed by atoms with E-state index in [1.807, 2.05) is 4.90 Å². The minimum Gasteiger partial charge on any atom is -0.472 e. The van der Waals surface area contributed by atoms with Gasteiger partial charge in [-0.2, -0.15) is 0 Å². The Bertz CT molecular complexity index is 351. The van der Waals surface area contributed by atoms with Gasteiger partial charge in [0.05, 0.1) is 11.8 Å². The van der Waals surface area contributed by atoms with Crippen molar-refractivity contribution >= 4 is 5.91 Å². The van der Waals surface area contributed by atoms with E-state index in [1.165, 1.54) is 12.5 Å². The normalized spacial score (nSPS) is 19.8. The van der Waals surface area contributed by atoms with Gasteiger partial charge in [0.25, 0.3) is 5.91 Å². The van der Waals surface area contributed by atoms with Gasteiger partial charge < -0.3 is 15.1 Å². The third-order valence-corrected chi connectivity index (χ3v) is 3.52. The van der Waals surface area contributed by atoms with E-state index in [-0.39, 0.29) is 11.3 Å². The molecule has 88 valence electrons. The van der Waals surface area contributed by atoms with Gasteiger partial charge in [-0.1, -0.05) is 6.92 Å². The fourth-order valence-electron chi connectivity index (χ4n) is 2.02. The summed E-state index contributed by atoms with van der Waals surface area (Å²) in [6.07, 6.45) is 4.99. The number of rotatable bonds is 2. The number of amides is 1. The van der Waals surface area contributed by atoms with Gasteiger partial charge >= 0.3 is 0 Å². The number of carbonyl (C=O) groups is 1. The van der Waals surface area contributed by atoms with Gasteiger partial charge in [-0.15, -0.1) is 0 Å². The molecule has 1 aliphatic rings. The smallest absolute Gasteiger partial charge is 0.257 e. The molecule has 0 bridgehead atoms. The van der Waals surface area contributed by atoms with Gasteiger partial charge in [-0.05, 0) is 30.9 Å². The first-order valence-corrected chi connectivity index (χ1v) is 5.66. The van der Waals surface area contributed by atoms with E-state index < -0.39 is 0 Å². The molecule has 2 rings (SSSR count). The van der Waals surface area contributed by atoms with E-state index in [9.17, 15) is 4.79 Å². The third kappa shape index (κ3) is 2.11. The molecule has 0 spiro atoms. The molecule has 0 aliphatic carbocycles. The summed E-state index contributed by atoms with van der Waals surface area (Å²) in [5.41, 5.74) is 6.57. The second-order valence-corrected chi connectivity index (χ2v) is 4.82. The SMILES string of the molecule is CC1(CN)CCN(C(=O)c2ccoc2)CC1. The molecule has 4 nitrogen and oxygen atoms in total. The molecule has 0 radical (unpaired) electrons. The fraction of sp³-hybridized carbons (Fsp3) is 0.583. The molecule has 1 saturated heterocycles. The molecule has 0 atom stereocenters. The standard InChI is InChI=1S/C12H18N2O2/c1-12(9-13)3-5-14(6-4-12)11(15)10-2-7-16-8-10/h2,7-8H,3-6,9,13H2,1H3. The lowest BCUT2D eigenvalue weighted by Gasteiger charge is -2.38. The highest BCUT2D eigenvalue weighted by atomic mass is 16.3. The third-order valence-electron chi connectivity index (χ3n) is 3.52. The van der Waals surface area contributed by atoms with E-state index in [4.69, 9.17) is 10.2 Å². The first kappa shape index (κ1) is 11.2. The minimum absolute atomic E-state index is 0.0628. The van der Waals surface area contributed by atoms with Crippen LogP contribution in [0.3, 0.4) is 0 Å². The van der Waals surface area contributed by atoms with Crippen LogP contribution in [0.25, 0.3) is 0 Å². The Labute approximate surface area is 95.4 Å². The van der Waals surface area contributed by atoms with Crippen molar-refractivity contribution in [1.29, 1.82) is 0 Å². The Balaban J connectivity index is 1.97.